The Hall–Kier alpha value is -1.95. The largest absolute Gasteiger partial charge is 0.426 e. The van der Waals surface area contributed by atoms with E-state index in [1.165, 1.54) is 18.2 Å². The predicted molar refractivity (Wildman–Crippen MR) is 96.6 cm³/mol. The number of carbonyl (C=O) groups is 1. The highest BCUT2D eigenvalue weighted by atomic mass is 16.6. The van der Waals surface area contributed by atoms with Crippen molar-refractivity contribution in [2.75, 3.05) is 6.54 Å². The highest BCUT2D eigenvalue weighted by Gasteiger charge is 2.45. The zero-order chi connectivity index (χ0) is 18.6. The maximum atomic E-state index is 12.7. The first-order chi connectivity index (χ1) is 11.7. The number of carbonyl (C=O) groups excluding carboxylic acids is 1. The SMILES string of the molecule is CC(C)N(CCC1(C(=O)Oc2cccc([N+](=O)[O-])c2)CCC1)C(C)C. The maximum Gasteiger partial charge on any atom is 0.317 e. The first kappa shape index (κ1) is 19.4. The molecule has 0 unspecified atom stereocenters. The van der Waals surface area contributed by atoms with Gasteiger partial charge in [0.2, 0.25) is 0 Å². The van der Waals surface area contributed by atoms with E-state index in [9.17, 15) is 14.9 Å². The molecule has 138 valence electrons. The maximum absolute atomic E-state index is 12.7. The first-order valence-electron chi connectivity index (χ1n) is 8.98. The Kier molecular flexibility index (Phi) is 6.16. The van der Waals surface area contributed by atoms with Gasteiger partial charge in [-0.1, -0.05) is 12.5 Å². The minimum atomic E-state index is -0.487. The smallest absolute Gasteiger partial charge is 0.317 e. The lowest BCUT2D eigenvalue weighted by Crippen LogP contribution is -2.46. The summed E-state index contributed by atoms with van der Waals surface area (Å²) in [5.74, 6) is -0.0123. The topological polar surface area (TPSA) is 72.7 Å². The van der Waals surface area contributed by atoms with Gasteiger partial charge in [-0.15, -0.1) is 0 Å². The molecule has 0 saturated heterocycles. The summed E-state index contributed by atoms with van der Waals surface area (Å²) in [5, 5.41) is 10.9. The normalized spacial score (nSPS) is 16.1. The van der Waals surface area contributed by atoms with Crippen LogP contribution >= 0.6 is 0 Å². The summed E-state index contributed by atoms with van der Waals surface area (Å²) in [6, 6.07) is 6.66. The second-order valence-corrected chi connectivity index (χ2v) is 7.45. The van der Waals surface area contributed by atoms with Crippen LogP contribution in [0, 0.1) is 15.5 Å². The van der Waals surface area contributed by atoms with E-state index in [1.54, 1.807) is 6.07 Å². The van der Waals surface area contributed by atoms with Crippen molar-refractivity contribution in [3.05, 3.63) is 34.4 Å². The molecule has 6 heteroatoms. The second-order valence-electron chi connectivity index (χ2n) is 7.45. The van der Waals surface area contributed by atoms with Crippen molar-refractivity contribution in [2.45, 2.75) is 65.5 Å². The zero-order valence-corrected chi connectivity index (χ0v) is 15.5. The monoisotopic (exact) mass is 348 g/mol. The van der Waals surface area contributed by atoms with Crippen LogP contribution in [0.3, 0.4) is 0 Å². The Balaban J connectivity index is 2.05. The van der Waals surface area contributed by atoms with E-state index < -0.39 is 10.3 Å². The lowest BCUT2D eigenvalue weighted by molar-refractivity contribution is -0.384. The summed E-state index contributed by atoms with van der Waals surface area (Å²) in [6.45, 7) is 9.49. The van der Waals surface area contributed by atoms with Crippen LogP contribution in [0.2, 0.25) is 0 Å². The number of rotatable bonds is 8. The Morgan fingerprint density at radius 3 is 2.40 bits per heavy atom. The van der Waals surface area contributed by atoms with Gasteiger partial charge in [-0.25, -0.2) is 0 Å². The molecule has 1 fully saturated rings. The Labute approximate surface area is 149 Å². The number of nitro benzene ring substituents is 1. The lowest BCUT2D eigenvalue weighted by Gasteiger charge is -2.41. The van der Waals surface area contributed by atoms with Crippen molar-refractivity contribution in [3.63, 3.8) is 0 Å². The summed E-state index contributed by atoms with van der Waals surface area (Å²) < 4.78 is 5.50. The van der Waals surface area contributed by atoms with Gasteiger partial charge in [-0.05, 0) is 59.6 Å². The van der Waals surface area contributed by atoms with Crippen LogP contribution < -0.4 is 4.74 Å². The average Bonchev–Trinajstić information content (AvgIpc) is 2.49. The van der Waals surface area contributed by atoms with Gasteiger partial charge in [-0.3, -0.25) is 19.8 Å². The third-order valence-corrected chi connectivity index (χ3v) is 5.16. The molecule has 0 heterocycles. The molecule has 0 bridgehead atoms. The number of ether oxygens (including phenoxy) is 1. The molecule has 0 N–H and O–H groups in total. The summed E-state index contributed by atoms with van der Waals surface area (Å²) >= 11 is 0. The Morgan fingerprint density at radius 1 is 1.28 bits per heavy atom. The van der Waals surface area contributed by atoms with Gasteiger partial charge in [0.15, 0.2) is 0 Å². The summed E-state index contributed by atoms with van der Waals surface area (Å²) in [4.78, 5) is 25.5. The van der Waals surface area contributed by atoms with Crippen LogP contribution in [-0.2, 0) is 4.79 Å². The van der Waals surface area contributed by atoms with Gasteiger partial charge in [0.1, 0.15) is 5.75 Å². The second kappa shape index (κ2) is 7.95. The Morgan fingerprint density at radius 2 is 1.92 bits per heavy atom. The van der Waals surface area contributed by atoms with Crippen LogP contribution in [0.5, 0.6) is 5.75 Å². The molecule has 2 rings (SSSR count). The standard InChI is InChI=1S/C19H28N2O4/c1-14(2)20(15(3)4)12-11-19(9-6-10-19)18(22)25-17-8-5-7-16(13-17)21(23)24/h5,7-8,13-15H,6,9-12H2,1-4H3. The van der Waals surface area contributed by atoms with Crippen LogP contribution in [0.15, 0.2) is 24.3 Å². The number of hydrogen-bond donors (Lipinski definition) is 0. The molecule has 1 aliphatic carbocycles. The van der Waals surface area contributed by atoms with Crippen LogP contribution in [-0.4, -0.2) is 34.4 Å². The van der Waals surface area contributed by atoms with Gasteiger partial charge < -0.3 is 4.74 Å². The van der Waals surface area contributed by atoms with E-state index in [4.69, 9.17) is 4.74 Å². The minimum absolute atomic E-state index is 0.0706. The van der Waals surface area contributed by atoms with Crippen molar-refractivity contribution in [1.82, 2.24) is 4.90 Å². The van der Waals surface area contributed by atoms with Crippen LogP contribution in [0.4, 0.5) is 5.69 Å². The van der Waals surface area contributed by atoms with Crippen molar-refractivity contribution in [1.29, 1.82) is 0 Å². The molecule has 0 aromatic heterocycles. The molecular weight excluding hydrogens is 320 g/mol. The fourth-order valence-electron chi connectivity index (χ4n) is 3.49. The molecule has 6 nitrogen and oxygen atoms in total. The number of non-ortho nitro benzene ring substituents is 1. The number of benzene rings is 1. The van der Waals surface area contributed by atoms with Crippen LogP contribution in [0.25, 0.3) is 0 Å². The van der Waals surface area contributed by atoms with Crippen molar-refractivity contribution < 1.29 is 14.5 Å². The minimum Gasteiger partial charge on any atom is -0.426 e. The van der Waals surface area contributed by atoms with Crippen molar-refractivity contribution >= 4 is 11.7 Å². The molecular formula is C19H28N2O4. The molecule has 1 saturated carbocycles. The molecule has 0 aliphatic heterocycles. The third kappa shape index (κ3) is 4.57. The summed E-state index contributed by atoms with van der Waals surface area (Å²) in [5.41, 5.74) is -0.522. The molecule has 0 radical (unpaired) electrons. The fourth-order valence-corrected chi connectivity index (χ4v) is 3.49. The number of hydrogen-bond acceptors (Lipinski definition) is 5. The summed E-state index contributed by atoms with van der Waals surface area (Å²) in [6.07, 6.45) is 3.43. The third-order valence-electron chi connectivity index (χ3n) is 5.16. The van der Waals surface area contributed by atoms with Crippen LogP contribution in [0.1, 0.15) is 53.4 Å². The average molecular weight is 348 g/mol. The van der Waals surface area contributed by atoms with E-state index in [2.05, 4.69) is 32.6 Å². The number of esters is 1. The Bertz CT molecular complexity index is 616. The molecule has 0 amide bonds. The first-order valence-corrected chi connectivity index (χ1v) is 8.98. The fraction of sp³-hybridized carbons (Fsp3) is 0.632. The van der Waals surface area contributed by atoms with E-state index in [-0.39, 0.29) is 17.4 Å². The molecule has 1 aromatic carbocycles. The van der Waals surface area contributed by atoms with Gasteiger partial charge in [0, 0.05) is 18.2 Å². The molecule has 0 spiro atoms. The summed E-state index contributed by atoms with van der Waals surface area (Å²) in [7, 11) is 0. The predicted octanol–water partition coefficient (Wildman–Crippen LogP) is 4.18. The van der Waals surface area contributed by atoms with E-state index in [0.29, 0.717) is 12.1 Å². The quantitative estimate of drug-likeness (QED) is 0.305. The molecule has 25 heavy (non-hydrogen) atoms. The number of nitro groups is 1. The van der Waals surface area contributed by atoms with Crippen molar-refractivity contribution in [2.24, 2.45) is 5.41 Å². The van der Waals surface area contributed by atoms with E-state index in [0.717, 1.165) is 32.2 Å². The van der Waals surface area contributed by atoms with Gasteiger partial charge in [-0.2, -0.15) is 0 Å². The highest BCUT2D eigenvalue weighted by Crippen LogP contribution is 2.45. The zero-order valence-electron chi connectivity index (χ0n) is 15.5. The highest BCUT2D eigenvalue weighted by molar-refractivity contribution is 5.80. The van der Waals surface area contributed by atoms with E-state index >= 15 is 0 Å². The van der Waals surface area contributed by atoms with Gasteiger partial charge >= 0.3 is 5.97 Å². The molecule has 1 aromatic rings. The van der Waals surface area contributed by atoms with Crippen molar-refractivity contribution in [3.8, 4) is 5.75 Å². The molecule has 0 atom stereocenters. The molecule has 1 aliphatic rings. The van der Waals surface area contributed by atoms with Gasteiger partial charge in [0.05, 0.1) is 16.4 Å². The number of nitrogens with zero attached hydrogens (tertiary/aromatic N) is 2. The van der Waals surface area contributed by atoms with Gasteiger partial charge in [0.25, 0.3) is 5.69 Å². The lowest BCUT2D eigenvalue weighted by atomic mass is 9.66. The van der Waals surface area contributed by atoms with E-state index in [1.807, 2.05) is 0 Å².